The van der Waals surface area contributed by atoms with Gasteiger partial charge in [-0.3, -0.25) is 29.6 Å². The molecule has 0 bridgehead atoms. The third-order valence-corrected chi connectivity index (χ3v) is 5.60. The molecule has 1 saturated heterocycles. The van der Waals surface area contributed by atoms with Crippen molar-refractivity contribution in [2.45, 2.75) is 26.3 Å². The molecule has 1 aromatic heterocycles. The fourth-order valence-corrected chi connectivity index (χ4v) is 3.84. The second-order valence-corrected chi connectivity index (χ2v) is 7.88. The molecule has 2 aromatic carbocycles. The summed E-state index contributed by atoms with van der Waals surface area (Å²) in [6.45, 7) is 4.09. The molecule has 3 aromatic rings. The van der Waals surface area contributed by atoms with Gasteiger partial charge in [0.25, 0.3) is 17.7 Å². The quantitative estimate of drug-likeness (QED) is 0.437. The van der Waals surface area contributed by atoms with Gasteiger partial charge in [-0.2, -0.15) is 0 Å². The smallest absolute Gasteiger partial charge is 0.273 e. The number of carbonyl (C=O) groups excluding carboxylic acids is 4. The largest absolute Gasteiger partial charge is 0.494 e. The first-order valence-corrected chi connectivity index (χ1v) is 11.1. The highest BCUT2D eigenvalue weighted by Gasteiger charge is 2.45. The topological polar surface area (TPSA) is 109 Å². The second kappa shape index (κ2) is 10.2. The van der Waals surface area contributed by atoms with Gasteiger partial charge in [0.05, 0.1) is 18.7 Å². The Morgan fingerprint density at radius 2 is 1.74 bits per heavy atom. The average Bonchev–Trinajstić information content (AvgIpc) is 3.17. The molecule has 9 heteroatoms. The van der Waals surface area contributed by atoms with Gasteiger partial charge in [0, 0.05) is 23.5 Å². The molecule has 4 rings (SSSR count). The maximum Gasteiger partial charge on any atom is 0.273 e. The molecule has 1 atom stereocenters. The number of ether oxygens (including phenoxy) is 1. The minimum atomic E-state index is -1.22. The normalized spacial score (nSPS) is 15.1. The highest BCUT2D eigenvalue weighted by atomic mass is 16.5. The molecule has 1 aliphatic rings. The van der Waals surface area contributed by atoms with E-state index in [1.807, 2.05) is 6.92 Å². The number of rotatable bonds is 6. The van der Waals surface area contributed by atoms with E-state index in [2.05, 4.69) is 10.4 Å². The summed E-state index contributed by atoms with van der Waals surface area (Å²) in [6.07, 6.45) is 2.61. The first kappa shape index (κ1) is 23.6. The van der Waals surface area contributed by atoms with Crippen LogP contribution >= 0.6 is 0 Å². The van der Waals surface area contributed by atoms with Gasteiger partial charge in [-0.1, -0.05) is 18.2 Å². The van der Waals surface area contributed by atoms with Crippen molar-refractivity contribution in [3.8, 4) is 5.75 Å². The van der Waals surface area contributed by atoms with E-state index in [0.717, 1.165) is 9.91 Å². The number of anilines is 1. The number of carbonyl (C=O) groups is 4. The van der Waals surface area contributed by atoms with Crippen molar-refractivity contribution in [3.05, 3.63) is 89.7 Å². The maximum absolute atomic E-state index is 13.5. The van der Waals surface area contributed by atoms with Crippen LogP contribution in [0, 0.1) is 6.92 Å². The summed E-state index contributed by atoms with van der Waals surface area (Å²) in [5.74, 6) is -1.69. The Morgan fingerprint density at radius 3 is 2.40 bits per heavy atom. The zero-order chi connectivity index (χ0) is 24.9. The minimum absolute atomic E-state index is 0.253. The molecule has 35 heavy (non-hydrogen) atoms. The molecule has 1 N–H and O–H groups in total. The van der Waals surface area contributed by atoms with Gasteiger partial charge < -0.3 is 4.74 Å². The van der Waals surface area contributed by atoms with E-state index in [9.17, 15) is 19.2 Å². The standard InChI is InChI=1S/C26H24N4O5/c1-3-35-20-10-8-19(9-11-20)29-23(31)16-22(26(29)34)30(25(33)21-7-5-4-6-17(21)2)28-24(32)18-12-14-27-15-13-18/h4-15,22H,3,16H2,1-2H3,(H,28,32). The fraction of sp³-hybridized carbons (Fsp3) is 0.192. The molecule has 1 unspecified atom stereocenters. The van der Waals surface area contributed by atoms with Crippen LogP contribution in [0.25, 0.3) is 0 Å². The highest BCUT2D eigenvalue weighted by molar-refractivity contribution is 6.23. The van der Waals surface area contributed by atoms with Gasteiger partial charge in [0.2, 0.25) is 5.91 Å². The fourth-order valence-electron chi connectivity index (χ4n) is 3.84. The number of nitrogens with one attached hydrogen (secondary N) is 1. The number of nitrogens with zero attached hydrogens (tertiary/aromatic N) is 3. The monoisotopic (exact) mass is 472 g/mol. The van der Waals surface area contributed by atoms with E-state index in [4.69, 9.17) is 4.74 Å². The lowest BCUT2D eigenvalue weighted by Crippen LogP contribution is -2.54. The van der Waals surface area contributed by atoms with Crippen LogP contribution in [0.3, 0.4) is 0 Å². The zero-order valence-corrected chi connectivity index (χ0v) is 19.3. The number of aryl methyl sites for hydroxylation is 1. The van der Waals surface area contributed by atoms with E-state index in [1.165, 1.54) is 24.5 Å². The number of imide groups is 1. The van der Waals surface area contributed by atoms with E-state index < -0.39 is 29.7 Å². The maximum atomic E-state index is 13.5. The molecule has 1 aliphatic heterocycles. The molecule has 178 valence electrons. The zero-order valence-electron chi connectivity index (χ0n) is 19.3. The number of hydrazine groups is 1. The van der Waals surface area contributed by atoms with Crippen LogP contribution in [0.1, 0.15) is 39.6 Å². The summed E-state index contributed by atoms with van der Waals surface area (Å²) in [6, 6.07) is 15.1. The summed E-state index contributed by atoms with van der Waals surface area (Å²) in [7, 11) is 0. The Morgan fingerprint density at radius 1 is 1.06 bits per heavy atom. The predicted octanol–water partition coefficient (Wildman–Crippen LogP) is 2.91. The summed E-state index contributed by atoms with van der Waals surface area (Å²) in [5, 5.41) is 0.958. The van der Waals surface area contributed by atoms with E-state index in [0.29, 0.717) is 29.2 Å². The molecule has 4 amide bonds. The number of amides is 4. The Labute approximate surface area is 202 Å². The SMILES string of the molecule is CCOc1ccc(N2C(=O)CC(N(NC(=O)c3ccncc3)C(=O)c3ccccc3C)C2=O)cc1. The van der Waals surface area contributed by atoms with Crippen molar-refractivity contribution in [2.24, 2.45) is 0 Å². The van der Waals surface area contributed by atoms with Crippen molar-refractivity contribution in [3.63, 3.8) is 0 Å². The summed E-state index contributed by atoms with van der Waals surface area (Å²) >= 11 is 0. The molecule has 2 heterocycles. The van der Waals surface area contributed by atoms with E-state index >= 15 is 0 Å². The molecular weight excluding hydrogens is 448 g/mol. The highest BCUT2D eigenvalue weighted by Crippen LogP contribution is 2.28. The van der Waals surface area contributed by atoms with Gasteiger partial charge >= 0.3 is 0 Å². The predicted molar refractivity (Wildman–Crippen MR) is 128 cm³/mol. The molecular formula is C26H24N4O5. The van der Waals surface area contributed by atoms with Gasteiger partial charge in [-0.25, -0.2) is 9.91 Å². The van der Waals surface area contributed by atoms with Crippen LogP contribution < -0.4 is 15.1 Å². The molecule has 0 aliphatic carbocycles. The first-order valence-electron chi connectivity index (χ1n) is 11.1. The molecule has 0 spiro atoms. The summed E-state index contributed by atoms with van der Waals surface area (Å²) in [4.78, 5) is 57.7. The minimum Gasteiger partial charge on any atom is -0.494 e. The number of hydrogen-bond donors (Lipinski definition) is 1. The van der Waals surface area contributed by atoms with E-state index in [-0.39, 0.29) is 12.0 Å². The number of aromatic nitrogens is 1. The number of pyridine rings is 1. The Bertz CT molecular complexity index is 1260. The van der Waals surface area contributed by atoms with Crippen LogP contribution in [-0.2, 0) is 9.59 Å². The summed E-state index contributed by atoms with van der Waals surface area (Å²) in [5.41, 5.74) is 4.13. The van der Waals surface area contributed by atoms with Crippen molar-refractivity contribution in [1.82, 2.24) is 15.4 Å². The number of hydrogen-bond acceptors (Lipinski definition) is 6. The lowest BCUT2D eigenvalue weighted by Gasteiger charge is -2.28. The molecule has 1 fully saturated rings. The van der Waals surface area contributed by atoms with Crippen LogP contribution in [0.4, 0.5) is 5.69 Å². The Balaban J connectivity index is 1.66. The molecule has 0 radical (unpaired) electrons. The van der Waals surface area contributed by atoms with Crippen molar-refractivity contribution < 1.29 is 23.9 Å². The van der Waals surface area contributed by atoms with Crippen LogP contribution in [0.15, 0.2) is 73.1 Å². The van der Waals surface area contributed by atoms with Crippen molar-refractivity contribution in [1.29, 1.82) is 0 Å². The second-order valence-electron chi connectivity index (χ2n) is 7.88. The van der Waals surface area contributed by atoms with Crippen LogP contribution in [0.2, 0.25) is 0 Å². The lowest BCUT2D eigenvalue weighted by molar-refractivity contribution is -0.122. The van der Waals surface area contributed by atoms with Gasteiger partial charge in [-0.15, -0.1) is 0 Å². The Kier molecular flexibility index (Phi) is 6.86. The first-order chi connectivity index (χ1) is 16.9. The van der Waals surface area contributed by atoms with E-state index in [1.54, 1.807) is 55.5 Å². The molecule has 9 nitrogen and oxygen atoms in total. The van der Waals surface area contributed by atoms with Crippen molar-refractivity contribution >= 4 is 29.3 Å². The van der Waals surface area contributed by atoms with Crippen LogP contribution in [0.5, 0.6) is 5.75 Å². The average molecular weight is 473 g/mol. The van der Waals surface area contributed by atoms with Crippen LogP contribution in [-0.4, -0.2) is 46.3 Å². The van der Waals surface area contributed by atoms with Gasteiger partial charge in [-0.05, 0) is 61.9 Å². The summed E-state index contributed by atoms with van der Waals surface area (Å²) < 4.78 is 5.42. The number of benzene rings is 2. The third kappa shape index (κ3) is 4.89. The molecule has 0 saturated carbocycles. The van der Waals surface area contributed by atoms with Gasteiger partial charge in [0.15, 0.2) is 0 Å². The third-order valence-electron chi connectivity index (χ3n) is 5.60. The Hall–Kier alpha value is -4.53. The van der Waals surface area contributed by atoms with Gasteiger partial charge in [0.1, 0.15) is 11.8 Å². The lowest BCUT2D eigenvalue weighted by atomic mass is 10.1. The van der Waals surface area contributed by atoms with Crippen molar-refractivity contribution in [2.75, 3.05) is 11.5 Å².